The van der Waals surface area contributed by atoms with Gasteiger partial charge < -0.3 is 0 Å². The molecular formula is C12H16N2. The van der Waals surface area contributed by atoms with E-state index in [0.717, 1.165) is 28.1 Å². The highest BCUT2D eigenvalue weighted by Crippen LogP contribution is 2.12. The van der Waals surface area contributed by atoms with E-state index >= 15 is 0 Å². The fourth-order valence-electron chi connectivity index (χ4n) is 1.42. The molecule has 0 amide bonds. The van der Waals surface area contributed by atoms with Gasteiger partial charge in [0.15, 0.2) is 0 Å². The second kappa shape index (κ2) is 4.18. The molecule has 0 spiro atoms. The maximum atomic E-state index is 4.31. The average Bonchev–Trinajstić information content (AvgIpc) is 2.11. The number of allylic oxidation sites excluding steroid dienone is 1. The van der Waals surface area contributed by atoms with E-state index in [4.69, 9.17) is 0 Å². The van der Waals surface area contributed by atoms with Crippen LogP contribution in [0, 0.1) is 13.8 Å². The van der Waals surface area contributed by atoms with Crippen LogP contribution in [0.15, 0.2) is 29.4 Å². The lowest BCUT2D eigenvalue weighted by molar-refractivity contribution is 1.15. The Morgan fingerprint density at radius 2 is 2.07 bits per heavy atom. The molecule has 0 aliphatic heterocycles. The van der Waals surface area contributed by atoms with Crippen molar-refractivity contribution in [3.8, 4) is 0 Å². The largest absolute Gasteiger partial charge is 0.288 e. The lowest BCUT2D eigenvalue weighted by Gasteiger charge is -2.08. The normalized spacial score (nSPS) is 11.6. The van der Waals surface area contributed by atoms with Gasteiger partial charge in [-0.25, -0.2) is 0 Å². The van der Waals surface area contributed by atoms with Crippen LogP contribution in [-0.2, 0) is 0 Å². The lowest BCUT2D eigenvalue weighted by atomic mass is 10.0. The summed E-state index contributed by atoms with van der Waals surface area (Å²) in [5, 5.41) is 0. The molecule has 0 N–H and O–H groups in total. The van der Waals surface area contributed by atoms with Crippen LogP contribution in [0.1, 0.15) is 23.7 Å². The van der Waals surface area contributed by atoms with Gasteiger partial charge in [-0.15, -0.1) is 0 Å². The Morgan fingerprint density at radius 3 is 2.57 bits per heavy atom. The van der Waals surface area contributed by atoms with Crippen LogP contribution in [-0.4, -0.2) is 17.7 Å². The van der Waals surface area contributed by atoms with Crippen molar-refractivity contribution in [2.45, 2.75) is 20.8 Å². The smallest absolute Gasteiger partial charge is 0.0684 e. The second-order valence-electron chi connectivity index (χ2n) is 3.50. The van der Waals surface area contributed by atoms with E-state index in [1.165, 1.54) is 0 Å². The predicted molar refractivity (Wildman–Crippen MR) is 61.0 cm³/mol. The van der Waals surface area contributed by atoms with Crippen LogP contribution < -0.4 is 0 Å². The van der Waals surface area contributed by atoms with Gasteiger partial charge in [0, 0.05) is 24.5 Å². The van der Waals surface area contributed by atoms with E-state index in [9.17, 15) is 0 Å². The highest BCUT2D eigenvalue weighted by Gasteiger charge is 2.07. The first-order chi connectivity index (χ1) is 6.56. The Labute approximate surface area is 85.4 Å². The minimum Gasteiger partial charge on any atom is -0.288 e. The van der Waals surface area contributed by atoms with Crippen LogP contribution in [0.25, 0.3) is 0 Å². The average molecular weight is 188 g/mol. The topological polar surface area (TPSA) is 25.2 Å². The summed E-state index contributed by atoms with van der Waals surface area (Å²) in [7, 11) is 1.78. The van der Waals surface area contributed by atoms with E-state index in [1.54, 1.807) is 7.05 Å². The molecule has 0 saturated heterocycles. The third-order valence-electron chi connectivity index (χ3n) is 2.11. The summed E-state index contributed by atoms with van der Waals surface area (Å²) in [5.74, 6) is 0. The zero-order chi connectivity index (χ0) is 10.7. The van der Waals surface area contributed by atoms with Crippen molar-refractivity contribution in [1.29, 1.82) is 0 Å². The van der Waals surface area contributed by atoms with Gasteiger partial charge >= 0.3 is 0 Å². The van der Waals surface area contributed by atoms with Gasteiger partial charge in [-0.05, 0) is 38.0 Å². The highest BCUT2D eigenvalue weighted by atomic mass is 14.7. The fourth-order valence-corrected chi connectivity index (χ4v) is 1.42. The fraction of sp³-hybridized carbons (Fsp3) is 0.333. The van der Waals surface area contributed by atoms with Crippen molar-refractivity contribution in [2.24, 2.45) is 4.99 Å². The Balaban J connectivity index is 3.30. The molecule has 0 aromatic carbocycles. The first kappa shape index (κ1) is 10.6. The Kier molecular flexibility index (Phi) is 3.18. The predicted octanol–water partition coefficient (Wildman–Crippen LogP) is 2.69. The van der Waals surface area contributed by atoms with Crippen molar-refractivity contribution in [2.75, 3.05) is 7.05 Å². The molecule has 14 heavy (non-hydrogen) atoms. The second-order valence-corrected chi connectivity index (χ2v) is 3.50. The first-order valence-electron chi connectivity index (χ1n) is 4.62. The zero-order valence-corrected chi connectivity index (χ0v) is 9.26. The molecule has 1 heterocycles. The molecule has 0 aliphatic carbocycles. The highest BCUT2D eigenvalue weighted by molar-refractivity contribution is 6.12. The van der Waals surface area contributed by atoms with Crippen molar-refractivity contribution in [1.82, 2.24) is 4.98 Å². The van der Waals surface area contributed by atoms with Crippen molar-refractivity contribution in [3.05, 3.63) is 41.2 Å². The van der Waals surface area contributed by atoms with E-state index in [2.05, 4.69) is 22.6 Å². The van der Waals surface area contributed by atoms with Crippen LogP contribution in [0.5, 0.6) is 0 Å². The van der Waals surface area contributed by atoms with Crippen LogP contribution in [0.4, 0.5) is 0 Å². The molecule has 2 heteroatoms. The monoisotopic (exact) mass is 188 g/mol. The van der Waals surface area contributed by atoms with E-state index in [-0.39, 0.29) is 0 Å². The summed E-state index contributed by atoms with van der Waals surface area (Å²) in [6.07, 6.45) is 1.87. The van der Waals surface area contributed by atoms with Gasteiger partial charge in [-0.3, -0.25) is 9.98 Å². The third kappa shape index (κ3) is 2.08. The number of rotatable bonds is 2. The lowest BCUT2D eigenvalue weighted by Crippen LogP contribution is -2.06. The molecule has 0 saturated carbocycles. The van der Waals surface area contributed by atoms with Gasteiger partial charge in [0.1, 0.15) is 0 Å². The Bertz CT molecular complexity index is 389. The van der Waals surface area contributed by atoms with Gasteiger partial charge in [0.2, 0.25) is 0 Å². The van der Waals surface area contributed by atoms with E-state index < -0.39 is 0 Å². The summed E-state index contributed by atoms with van der Waals surface area (Å²) in [4.78, 5) is 8.54. The number of aromatic nitrogens is 1. The zero-order valence-electron chi connectivity index (χ0n) is 9.26. The minimum atomic E-state index is 0.943. The van der Waals surface area contributed by atoms with Crippen LogP contribution in [0.3, 0.4) is 0 Å². The molecule has 0 unspecified atom stereocenters. The summed E-state index contributed by atoms with van der Waals surface area (Å²) < 4.78 is 0. The number of hydrogen-bond acceptors (Lipinski definition) is 2. The van der Waals surface area contributed by atoms with E-state index in [1.807, 2.05) is 27.0 Å². The number of aryl methyl sites for hydroxylation is 2. The quantitative estimate of drug-likeness (QED) is 0.655. The van der Waals surface area contributed by atoms with Gasteiger partial charge in [-0.2, -0.15) is 0 Å². The SMILES string of the molecule is C=C(C)C(=NC)c1cc(C)cnc1C. The summed E-state index contributed by atoms with van der Waals surface area (Å²) in [6, 6.07) is 2.10. The van der Waals surface area contributed by atoms with Crippen molar-refractivity contribution >= 4 is 5.71 Å². The molecule has 0 radical (unpaired) electrons. The molecule has 0 atom stereocenters. The van der Waals surface area contributed by atoms with Gasteiger partial charge in [0.05, 0.1) is 5.71 Å². The molecule has 2 nitrogen and oxygen atoms in total. The van der Waals surface area contributed by atoms with Gasteiger partial charge in [-0.1, -0.05) is 6.58 Å². The molecule has 1 rings (SSSR count). The maximum Gasteiger partial charge on any atom is 0.0684 e. The van der Waals surface area contributed by atoms with Gasteiger partial charge in [0.25, 0.3) is 0 Å². The van der Waals surface area contributed by atoms with Crippen molar-refractivity contribution in [3.63, 3.8) is 0 Å². The number of pyridine rings is 1. The third-order valence-corrected chi connectivity index (χ3v) is 2.11. The Morgan fingerprint density at radius 1 is 1.43 bits per heavy atom. The molecule has 1 aromatic rings. The molecule has 0 aliphatic rings. The number of hydrogen-bond donors (Lipinski definition) is 0. The molecular weight excluding hydrogens is 172 g/mol. The van der Waals surface area contributed by atoms with Crippen molar-refractivity contribution < 1.29 is 0 Å². The summed E-state index contributed by atoms with van der Waals surface area (Å²) in [6.45, 7) is 9.90. The summed E-state index contributed by atoms with van der Waals surface area (Å²) >= 11 is 0. The number of nitrogens with zero attached hydrogens (tertiary/aromatic N) is 2. The summed E-state index contributed by atoms with van der Waals surface area (Å²) in [5.41, 5.74) is 5.15. The van der Waals surface area contributed by atoms with Crippen LogP contribution in [0.2, 0.25) is 0 Å². The standard InChI is InChI=1S/C12H16N2/c1-8(2)12(13-5)11-6-9(3)7-14-10(11)4/h6-7H,1H2,2-5H3. The molecule has 0 bridgehead atoms. The molecule has 74 valence electrons. The minimum absolute atomic E-state index is 0.943. The maximum absolute atomic E-state index is 4.31. The van der Waals surface area contributed by atoms with Crippen LogP contribution >= 0.6 is 0 Å². The number of aliphatic imine (C=N–C) groups is 1. The first-order valence-corrected chi connectivity index (χ1v) is 4.62. The molecule has 0 fully saturated rings. The molecule has 1 aromatic heterocycles. The van der Waals surface area contributed by atoms with E-state index in [0.29, 0.717) is 0 Å². The Hall–Kier alpha value is -1.44.